The van der Waals surface area contributed by atoms with Crippen molar-refractivity contribution in [3.05, 3.63) is 11.6 Å². The van der Waals surface area contributed by atoms with Crippen molar-refractivity contribution in [3.63, 3.8) is 0 Å². The number of ether oxygens (including phenoxy) is 2. The van der Waals surface area contributed by atoms with Gasteiger partial charge in [0.05, 0.1) is 11.8 Å². The van der Waals surface area contributed by atoms with Crippen LogP contribution in [0.4, 0.5) is 0 Å². The van der Waals surface area contributed by atoms with Crippen LogP contribution in [-0.4, -0.2) is 38.2 Å². The lowest BCUT2D eigenvalue weighted by atomic mass is 9.79. The van der Waals surface area contributed by atoms with E-state index in [0.29, 0.717) is 6.42 Å². The van der Waals surface area contributed by atoms with Gasteiger partial charge in [-0.1, -0.05) is 11.6 Å². The summed E-state index contributed by atoms with van der Waals surface area (Å²) in [4.78, 5) is 24.0. The van der Waals surface area contributed by atoms with Gasteiger partial charge in [-0.3, -0.25) is 9.59 Å². The third kappa shape index (κ3) is 4.33. The van der Waals surface area contributed by atoms with Crippen LogP contribution >= 0.6 is 0 Å². The summed E-state index contributed by atoms with van der Waals surface area (Å²) < 4.78 is 10.1. The molecule has 0 spiro atoms. The normalized spacial score (nSPS) is 22.6. The number of carbonyl (C=O) groups is 2. The number of rotatable bonds is 6. The summed E-state index contributed by atoms with van der Waals surface area (Å²) in [5, 5.41) is 0. The Morgan fingerprint density at radius 1 is 1.21 bits per heavy atom. The molecule has 1 aliphatic carbocycles. The quantitative estimate of drug-likeness (QED) is 0.518. The van der Waals surface area contributed by atoms with Crippen molar-refractivity contribution in [3.8, 4) is 0 Å². The zero-order chi connectivity index (χ0) is 14.3. The molecule has 0 radical (unpaired) electrons. The first-order valence-corrected chi connectivity index (χ1v) is 6.51. The molecule has 6 heteroatoms. The molecule has 4 N–H and O–H groups in total. The van der Waals surface area contributed by atoms with E-state index in [-0.39, 0.29) is 32.3 Å². The van der Waals surface area contributed by atoms with Crippen LogP contribution in [0.1, 0.15) is 19.8 Å². The van der Waals surface area contributed by atoms with Gasteiger partial charge in [0.25, 0.3) is 0 Å². The number of nitrogens with two attached hydrogens (primary N) is 2. The zero-order valence-electron chi connectivity index (χ0n) is 11.3. The number of allylic oxidation sites excluding steroid dienone is 1. The van der Waals surface area contributed by atoms with E-state index in [9.17, 15) is 9.59 Å². The number of hydrogen-bond donors (Lipinski definition) is 2. The van der Waals surface area contributed by atoms with Crippen LogP contribution in [0.2, 0.25) is 0 Å². The second kappa shape index (κ2) is 7.91. The molecule has 0 fully saturated rings. The monoisotopic (exact) mass is 270 g/mol. The minimum atomic E-state index is -0.564. The van der Waals surface area contributed by atoms with Gasteiger partial charge in [0.15, 0.2) is 0 Å². The van der Waals surface area contributed by atoms with E-state index in [1.165, 1.54) is 0 Å². The molecular weight excluding hydrogens is 248 g/mol. The molecule has 0 aromatic heterocycles. The maximum Gasteiger partial charge on any atom is 0.313 e. The summed E-state index contributed by atoms with van der Waals surface area (Å²) in [5.41, 5.74) is 11.5. The van der Waals surface area contributed by atoms with Crippen molar-refractivity contribution in [1.82, 2.24) is 0 Å². The first kappa shape index (κ1) is 15.7. The lowest BCUT2D eigenvalue weighted by Gasteiger charge is -2.28. The first-order valence-electron chi connectivity index (χ1n) is 6.51. The molecule has 6 nitrogen and oxygen atoms in total. The molecule has 0 bridgehead atoms. The van der Waals surface area contributed by atoms with Crippen molar-refractivity contribution in [2.45, 2.75) is 19.8 Å². The van der Waals surface area contributed by atoms with Crippen LogP contribution in [0.5, 0.6) is 0 Å². The van der Waals surface area contributed by atoms with Gasteiger partial charge in [-0.05, 0) is 19.8 Å². The van der Waals surface area contributed by atoms with E-state index in [0.717, 1.165) is 12.0 Å². The molecule has 1 aliphatic rings. The smallest absolute Gasteiger partial charge is 0.313 e. The maximum absolute atomic E-state index is 12.0. The molecule has 2 unspecified atom stereocenters. The van der Waals surface area contributed by atoms with Gasteiger partial charge in [0.2, 0.25) is 0 Å². The number of carbonyl (C=O) groups excluding carboxylic acids is 2. The lowest BCUT2D eigenvalue weighted by Crippen LogP contribution is -2.36. The number of hydrogen-bond acceptors (Lipinski definition) is 6. The van der Waals surface area contributed by atoms with Crippen LogP contribution in [0.3, 0.4) is 0 Å². The Kier molecular flexibility index (Phi) is 6.52. The van der Waals surface area contributed by atoms with Gasteiger partial charge in [-0.15, -0.1) is 0 Å². The van der Waals surface area contributed by atoms with Gasteiger partial charge in [0.1, 0.15) is 13.2 Å². The fourth-order valence-electron chi connectivity index (χ4n) is 2.22. The second-order valence-electron chi connectivity index (χ2n) is 4.52. The molecule has 0 heterocycles. The van der Waals surface area contributed by atoms with Crippen molar-refractivity contribution in [2.24, 2.45) is 23.3 Å². The molecule has 0 aromatic rings. The molecule has 1 rings (SSSR count). The zero-order valence-corrected chi connectivity index (χ0v) is 11.3. The van der Waals surface area contributed by atoms with Crippen LogP contribution in [0.25, 0.3) is 0 Å². The average molecular weight is 270 g/mol. The molecule has 0 saturated heterocycles. The van der Waals surface area contributed by atoms with Gasteiger partial charge in [-0.2, -0.15) is 0 Å². The summed E-state index contributed by atoms with van der Waals surface area (Å²) in [7, 11) is 0. The van der Waals surface area contributed by atoms with Gasteiger partial charge in [0, 0.05) is 13.1 Å². The van der Waals surface area contributed by atoms with Crippen LogP contribution in [0.15, 0.2) is 11.6 Å². The third-order valence-corrected chi connectivity index (χ3v) is 3.12. The highest BCUT2D eigenvalue weighted by atomic mass is 16.5. The predicted molar refractivity (Wildman–Crippen MR) is 70.0 cm³/mol. The Labute approximate surface area is 113 Å². The van der Waals surface area contributed by atoms with E-state index in [2.05, 4.69) is 0 Å². The third-order valence-electron chi connectivity index (χ3n) is 3.12. The molecule has 0 amide bonds. The summed E-state index contributed by atoms with van der Waals surface area (Å²) in [6, 6.07) is 0. The molecule has 0 saturated carbocycles. The van der Waals surface area contributed by atoms with Gasteiger partial charge in [-0.25, -0.2) is 0 Å². The molecule has 2 atom stereocenters. The minimum Gasteiger partial charge on any atom is -0.464 e. The Morgan fingerprint density at radius 2 is 1.79 bits per heavy atom. The summed E-state index contributed by atoms with van der Waals surface area (Å²) in [6.45, 7) is 2.70. The molecular formula is C13H22N2O4. The lowest BCUT2D eigenvalue weighted by molar-refractivity contribution is -0.159. The minimum absolute atomic E-state index is 0.160. The Bertz CT molecular complexity index is 355. The predicted octanol–water partition coefficient (Wildman–Crippen LogP) is -0.0373. The Hall–Kier alpha value is -1.40. The van der Waals surface area contributed by atoms with Crippen LogP contribution < -0.4 is 11.5 Å². The highest BCUT2D eigenvalue weighted by Crippen LogP contribution is 2.32. The molecule has 108 valence electrons. The van der Waals surface area contributed by atoms with Crippen molar-refractivity contribution < 1.29 is 19.1 Å². The first-order chi connectivity index (χ1) is 9.11. The highest BCUT2D eigenvalue weighted by molar-refractivity contribution is 5.84. The van der Waals surface area contributed by atoms with E-state index in [1.54, 1.807) is 0 Å². The van der Waals surface area contributed by atoms with Gasteiger partial charge < -0.3 is 20.9 Å². The molecule has 19 heavy (non-hydrogen) atoms. The fourth-order valence-corrected chi connectivity index (χ4v) is 2.22. The van der Waals surface area contributed by atoms with E-state index in [1.807, 2.05) is 13.0 Å². The standard InChI is InChI=1S/C13H22N2O4/c1-9-3-2-4-10(12(16)18-7-5-14)11(9)13(17)19-8-6-15/h3,10-11H,2,4-8,14-15H2,1H3. The van der Waals surface area contributed by atoms with Crippen molar-refractivity contribution in [2.75, 3.05) is 26.3 Å². The number of esters is 2. The van der Waals surface area contributed by atoms with Crippen molar-refractivity contribution in [1.29, 1.82) is 0 Å². The average Bonchev–Trinajstić information content (AvgIpc) is 2.41. The second-order valence-corrected chi connectivity index (χ2v) is 4.52. The Morgan fingerprint density at radius 3 is 2.37 bits per heavy atom. The van der Waals surface area contributed by atoms with E-state index in [4.69, 9.17) is 20.9 Å². The summed E-state index contributed by atoms with van der Waals surface area (Å²) >= 11 is 0. The van der Waals surface area contributed by atoms with Gasteiger partial charge >= 0.3 is 11.9 Å². The highest BCUT2D eigenvalue weighted by Gasteiger charge is 2.38. The Balaban J connectivity index is 2.74. The molecule has 0 aromatic carbocycles. The van der Waals surface area contributed by atoms with Crippen LogP contribution in [0, 0.1) is 11.8 Å². The molecule has 0 aliphatic heterocycles. The van der Waals surface area contributed by atoms with E-state index < -0.39 is 17.8 Å². The maximum atomic E-state index is 12.0. The topological polar surface area (TPSA) is 105 Å². The van der Waals surface area contributed by atoms with Crippen molar-refractivity contribution >= 4 is 11.9 Å². The van der Waals surface area contributed by atoms with E-state index >= 15 is 0 Å². The summed E-state index contributed by atoms with van der Waals surface area (Å²) in [6.07, 6.45) is 3.30. The van der Waals surface area contributed by atoms with Crippen LogP contribution in [-0.2, 0) is 19.1 Å². The SMILES string of the molecule is CC1=CCCC(C(=O)OCCN)C1C(=O)OCCN. The largest absolute Gasteiger partial charge is 0.464 e. The summed E-state index contributed by atoms with van der Waals surface area (Å²) in [5.74, 6) is -1.84. The fraction of sp³-hybridized carbons (Fsp3) is 0.692.